The predicted octanol–water partition coefficient (Wildman–Crippen LogP) is 3.38. The Kier molecular flexibility index (Phi) is 13.4. The van der Waals surface area contributed by atoms with Gasteiger partial charge in [0.05, 0.1) is 42.8 Å². The number of benzene rings is 3. The maximum absolute atomic E-state index is 15.0. The molecule has 321 valence electrons. The Hall–Kier alpha value is -4.01. The number of ketones is 1. The third-order valence-electron chi connectivity index (χ3n) is 13.3. The van der Waals surface area contributed by atoms with Crippen LogP contribution in [0.2, 0.25) is 0 Å². The normalized spacial score (nSPS) is 32.0. The molecule has 1 heterocycles. The summed E-state index contributed by atoms with van der Waals surface area (Å²) in [5, 5.41) is 52.0. The minimum Gasteiger partial charge on any atom is -0.456 e. The fourth-order valence-corrected chi connectivity index (χ4v) is 9.87. The number of esters is 2. The molecule has 5 N–H and O–H groups in total. The van der Waals surface area contributed by atoms with Crippen LogP contribution in [0.15, 0.2) is 102 Å². The van der Waals surface area contributed by atoms with Gasteiger partial charge in [0.2, 0.25) is 0 Å². The number of fused-ring (bicyclic) bond motifs is 5. The van der Waals surface area contributed by atoms with E-state index in [1.807, 2.05) is 0 Å². The molecule has 1 radical (unpaired) electrons. The van der Waals surface area contributed by atoms with Crippen LogP contribution in [0, 0.1) is 60.8 Å². The molecule has 0 spiro atoms. The Morgan fingerprint density at radius 3 is 2.00 bits per heavy atom. The zero-order chi connectivity index (χ0) is 43.4. The zero-order valence-electron chi connectivity index (χ0n) is 34.3. The number of carbonyl (C=O) groups is 5. The molecule has 15 nitrogen and oxygen atoms in total. The largest absolute Gasteiger partial charge is 0.508 e. The van der Waals surface area contributed by atoms with E-state index in [1.54, 1.807) is 78.9 Å². The molecule has 11 atom stereocenters. The van der Waals surface area contributed by atoms with Gasteiger partial charge in [0, 0.05) is 67.9 Å². The first-order valence-electron chi connectivity index (χ1n) is 19.7. The molecule has 1 amide bonds. The second kappa shape index (κ2) is 17.6. The van der Waals surface area contributed by atoms with Gasteiger partial charge in [-0.1, -0.05) is 80.6 Å². The van der Waals surface area contributed by atoms with Crippen LogP contribution in [-0.4, -0.2) is 112 Å². The Morgan fingerprint density at radius 1 is 0.869 bits per heavy atom. The summed E-state index contributed by atoms with van der Waals surface area (Å²) in [6.45, 7) is 5.58. The molecule has 4 aliphatic rings. The van der Waals surface area contributed by atoms with Crippen molar-refractivity contribution in [3.05, 3.63) is 119 Å². The Morgan fingerprint density at radius 2 is 1.44 bits per heavy atom. The van der Waals surface area contributed by atoms with Crippen LogP contribution in [0.5, 0.6) is 0 Å². The monoisotopic (exact) mass is 1050 g/mol. The average molecular weight is 1050 g/mol. The van der Waals surface area contributed by atoms with E-state index in [2.05, 4.69) is 5.32 Å². The minimum absolute atomic E-state index is 0. The van der Waals surface area contributed by atoms with Crippen molar-refractivity contribution < 1.29 is 112 Å². The molecule has 3 fully saturated rings. The van der Waals surface area contributed by atoms with Gasteiger partial charge in [0.15, 0.2) is 17.5 Å². The number of aliphatic hydroxyl groups is 4. The minimum atomic E-state index is -2.39. The van der Waals surface area contributed by atoms with Gasteiger partial charge in [0.25, 0.3) is 5.91 Å². The topological polar surface area (TPSA) is 224 Å². The summed E-state index contributed by atoms with van der Waals surface area (Å²) in [6, 6.07) is 22.9. The van der Waals surface area contributed by atoms with Crippen LogP contribution in [0.25, 0.3) is 0 Å². The number of ether oxygens (including phenoxy) is 5. The van der Waals surface area contributed by atoms with Crippen molar-refractivity contribution in [2.24, 2.45) is 16.7 Å². The summed E-state index contributed by atoms with van der Waals surface area (Å²) in [7, 11) is 1.07. The fraction of sp³-hybridized carbons (Fsp3) is 0.444. The number of hydrogen-bond acceptors (Lipinski definition) is 14. The Labute approximate surface area is 388 Å². The molecule has 3 aliphatic carbocycles. The average Bonchev–Trinajstić information content (AvgIpc) is 3.24. The number of carbonyl (C=O) groups excluding carboxylic acids is 5. The second-order valence-electron chi connectivity index (χ2n) is 16.7. The van der Waals surface area contributed by atoms with Crippen molar-refractivity contribution in [2.45, 2.75) is 94.4 Å². The first-order valence-corrected chi connectivity index (χ1v) is 19.7. The summed E-state index contributed by atoms with van der Waals surface area (Å²) in [6.07, 6.45) is -12.0. The Balaban J connectivity index is 0.00000622. The van der Waals surface area contributed by atoms with E-state index in [0.29, 0.717) is 5.56 Å². The third kappa shape index (κ3) is 7.76. The van der Waals surface area contributed by atoms with Crippen LogP contribution < -0.4 is 5.32 Å². The number of nitrogens with one attached hydrogen (secondary N) is 1. The number of aliphatic hydroxyl groups excluding tert-OH is 3. The molecule has 3 aromatic carbocycles. The number of amides is 1. The molecule has 1 aliphatic heterocycles. The summed E-state index contributed by atoms with van der Waals surface area (Å²) in [5.41, 5.74) is -7.19. The number of rotatable bonds is 9. The zero-order valence-corrected chi connectivity index (χ0v) is 39.1. The number of hydrogen-bond donors (Lipinski definition) is 5. The molecule has 3 aromatic rings. The van der Waals surface area contributed by atoms with E-state index in [9.17, 15) is 39.6 Å². The van der Waals surface area contributed by atoms with E-state index < -0.39 is 107 Å². The van der Waals surface area contributed by atoms with Crippen LogP contribution in [-0.2, 0) is 33.3 Å². The smallest absolute Gasteiger partial charge is 0.456 e. The van der Waals surface area contributed by atoms with E-state index in [4.69, 9.17) is 23.7 Å². The van der Waals surface area contributed by atoms with Crippen molar-refractivity contribution in [3.63, 3.8) is 0 Å². The molecule has 61 heavy (non-hydrogen) atoms. The van der Waals surface area contributed by atoms with E-state index in [0.717, 1.165) is 7.11 Å². The number of methoxy groups -OCH3 is 1. The van der Waals surface area contributed by atoms with Crippen LogP contribution in [0.3, 0.4) is 0 Å². The van der Waals surface area contributed by atoms with Crippen LogP contribution >= 0.6 is 0 Å². The molecule has 2 saturated carbocycles. The van der Waals surface area contributed by atoms with E-state index in [1.165, 1.54) is 39.8 Å². The van der Waals surface area contributed by atoms with Gasteiger partial charge in [-0.05, 0) is 54.8 Å². The van der Waals surface area contributed by atoms with Gasteiger partial charge in [-0.15, -0.1) is 0 Å². The molecular weight excluding hydrogens is 1010 g/mol. The van der Waals surface area contributed by atoms with E-state index in [-0.39, 0.29) is 79.4 Å². The first-order chi connectivity index (χ1) is 28.4. The molecule has 2 bridgehead atoms. The summed E-state index contributed by atoms with van der Waals surface area (Å²) < 4.78 is 29.0. The summed E-state index contributed by atoms with van der Waals surface area (Å²) in [4.78, 5) is 69.7. The van der Waals surface area contributed by atoms with Crippen LogP contribution in [0.4, 0.5) is 4.79 Å². The van der Waals surface area contributed by atoms with Crippen LogP contribution in [0.1, 0.15) is 72.9 Å². The third-order valence-corrected chi connectivity index (χ3v) is 13.3. The maximum Gasteiger partial charge on any atom is 0.508 e. The molecule has 7 rings (SSSR count). The van der Waals surface area contributed by atoms with Gasteiger partial charge >= 0.3 is 18.1 Å². The first kappa shape index (κ1) is 46.5. The quantitative estimate of drug-likeness (QED) is 0.118. The standard InChI is InChI=1S/C45H49NO14.Ac/c1-24-28(58-40(53)34(49)32(25-15-9-6-10-16-25)46-38(51)26-17-11-7-12-18-26)22-45(55)37(59-39(52)27-19-13-8-14-20-27)35-43(4,36(50)33(48)31(24)42(45,2)3)29(47)21-30-44(35,23-57-30)60-41(54)56-5;/h6-20,28-30,32-35,37,47-49,55H,21-23H2,1-5H3,(H,46,51);/t28?,29?,30?,32?,33?,34?,35?,37-,43?,44?,45?;/m0./s1. The fourth-order valence-electron chi connectivity index (χ4n) is 9.87. The Bertz CT molecular complexity index is 2190. The van der Waals surface area contributed by atoms with Gasteiger partial charge in [-0.2, -0.15) is 0 Å². The van der Waals surface area contributed by atoms with E-state index >= 15 is 4.79 Å². The second-order valence-corrected chi connectivity index (χ2v) is 16.7. The van der Waals surface area contributed by atoms with Crippen molar-refractivity contribution in [2.75, 3.05) is 13.7 Å². The molecule has 10 unspecified atom stereocenters. The SMILES string of the molecule is COC(=O)OC12COC1CC(O)C1(C)C(=O)C(O)C3=C(C)C(OC(=O)C(O)C(NC(=O)c4ccccc4)c4ccccc4)CC(O)([C@@H](OC(=O)c4ccccc4)C21)C3(C)C.[Ac]. The van der Waals surface area contributed by atoms with Crippen molar-refractivity contribution in [1.82, 2.24) is 5.32 Å². The van der Waals surface area contributed by atoms with Crippen molar-refractivity contribution >= 4 is 29.8 Å². The molecule has 16 heteroatoms. The van der Waals surface area contributed by atoms with Gasteiger partial charge in [-0.3, -0.25) is 9.59 Å². The van der Waals surface area contributed by atoms with Crippen molar-refractivity contribution in [1.29, 1.82) is 0 Å². The summed E-state index contributed by atoms with van der Waals surface area (Å²) >= 11 is 0. The maximum atomic E-state index is 15.0. The molecule has 0 aromatic heterocycles. The molecule has 1 saturated heterocycles. The predicted molar refractivity (Wildman–Crippen MR) is 210 cm³/mol. The summed E-state index contributed by atoms with van der Waals surface area (Å²) in [5.74, 6) is -5.29. The van der Waals surface area contributed by atoms with Crippen molar-refractivity contribution in [3.8, 4) is 0 Å². The van der Waals surface area contributed by atoms with Gasteiger partial charge < -0.3 is 49.4 Å². The molecular formula is C45H49AcNO14. The number of Topliss-reactive ketones (excluding diaryl/α,β-unsaturated/α-hetero) is 1. The van der Waals surface area contributed by atoms with Gasteiger partial charge in [0.1, 0.15) is 30.0 Å². The van der Waals surface area contributed by atoms with Gasteiger partial charge in [-0.25, -0.2) is 14.4 Å².